The molecule has 0 amide bonds. The predicted molar refractivity (Wildman–Crippen MR) is 81.0 cm³/mol. The second kappa shape index (κ2) is 6.91. The minimum Gasteiger partial charge on any atom is -0.313 e. The molecule has 18 heavy (non-hydrogen) atoms. The van der Waals surface area contributed by atoms with Gasteiger partial charge >= 0.3 is 0 Å². The molecule has 1 aliphatic rings. The maximum absolute atomic E-state index is 3.82. The topological polar surface area (TPSA) is 15.3 Å². The first kappa shape index (κ1) is 16.0. The van der Waals surface area contributed by atoms with Crippen LogP contribution in [0.15, 0.2) is 0 Å². The first-order valence-corrected chi connectivity index (χ1v) is 7.80. The van der Waals surface area contributed by atoms with Gasteiger partial charge in [0.1, 0.15) is 0 Å². The van der Waals surface area contributed by atoms with Gasteiger partial charge in [-0.2, -0.15) is 0 Å². The van der Waals surface area contributed by atoms with Gasteiger partial charge in [-0.25, -0.2) is 0 Å². The van der Waals surface area contributed by atoms with E-state index in [0.717, 1.165) is 18.5 Å². The van der Waals surface area contributed by atoms with Crippen LogP contribution in [-0.4, -0.2) is 36.6 Å². The molecule has 2 nitrogen and oxygen atoms in total. The van der Waals surface area contributed by atoms with Gasteiger partial charge in [-0.3, -0.25) is 0 Å². The number of rotatable bonds is 5. The van der Waals surface area contributed by atoms with Crippen LogP contribution in [0.25, 0.3) is 0 Å². The molecule has 2 heteroatoms. The first-order valence-electron chi connectivity index (χ1n) is 7.80. The summed E-state index contributed by atoms with van der Waals surface area (Å²) in [6.07, 6.45) is 4.00. The summed E-state index contributed by atoms with van der Waals surface area (Å²) in [7, 11) is 0. The third-order valence-electron chi connectivity index (χ3n) is 4.90. The fraction of sp³-hybridized carbons (Fsp3) is 1.00. The second-order valence-corrected chi connectivity index (χ2v) is 7.28. The van der Waals surface area contributed by atoms with Gasteiger partial charge in [0, 0.05) is 18.6 Å². The fourth-order valence-corrected chi connectivity index (χ4v) is 2.45. The Morgan fingerprint density at radius 2 is 1.78 bits per heavy atom. The molecular weight excluding hydrogens is 220 g/mol. The third kappa shape index (κ3) is 4.89. The highest BCUT2D eigenvalue weighted by Gasteiger charge is 2.24. The lowest BCUT2D eigenvalue weighted by atomic mass is 9.81. The molecule has 0 aromatic rings. The van der Waals surface area contributed by atoms with E-state index in [-0.39, 0.29) is 0 Å². The van der Waals surface area contributed by atoms with E-state index in [1.54, 1.807) is 0 Å². The molecule has 1 atom stereocenters. The Hall–Kier alpha value is -0.0800. The minimum absolute atomic E-state index is 0.407. The Morgan fingerprint density at radius 3 is 2.33 bits per heavy atom. The molecule has 1 aliphatic heterocycles. The van der Waals surface area contributed by atoms with E-state index < -0.39 is 0 Å². The molecule has 1 fully saturated rings. The normalized spacial score (nSPS) is 23.7. The van der Waals surface area contributed by atoms with E-state index in [1.165, 1.54) is 32.4 Å². The zero-order valence-corrected chi connectivity index (χ0v) is 13.4. The van der Waals surface area contributed by atoms with Gasteiger partial charge in [-0.05, 0) is 57.5 Å². The summed E-state index contributed by atoms with van der Waals surface area (Å²) >= 11 is 0. The van der Waals surface area contributed by atoms with Crippen molar-refractivity contribution in [2.45, 2.75) is 72.9 Å². The third-order valence-corrected chi connectivity index (χ3v) is 4.90. The van der Waals surface area contributed by atoms with Crippen molar-refractivity contribution >= 4 is 0 Å². The molecule has 0 bridgehead atoms. The zero-order chi connectivity index (χ0) is 13.8. The van der Waals surface area contributed by atoms with Gasteiger partial charge in [-0.1, -0.05) is 27.7 Å². The molecule has 1 heterocycles. The van der Waals surface area contributed by atoms with E-state index >= 15 is 0 Å². The molecule has 0 spiro atoms. The van der Waals surface area contributed by atoms with Crippen LogP contribution in [0.1, 0.15) is 60.8 Å². The molecule has 0 aromatic carbocycles. The van der Waals surface area contributed by atoms with E-state index in [1.807, 2.05) is 0 Å². The van der Waals surface area contributed by atoms with E-state index in [4.69, 9.17) is 0 Å². The number of nitrogens with zero attached hydrogens (tertiary/aromatic N) is 1. The van der Waals surface area contributed by atoms with Crippen molar-refractivity contribution < 1.29 is 0 Å². The number of hydrogen-bond donors (Lipinski definition) is 1. The lowest BCUT2D eigenvalue weighted by molar-refractivity contribution is 0.215. The molecule has 0 radical (unpaired) electrons. The average Bonchev–Trinajstić information content (AvgIpc) is 2.51. The zero-order valence-electron chi connectivity index (χ0n) is 13.4. The highest BCUT2D eigenvalue weighted by atomic mass is 15.1. The molecule has 1 rings (SSSR count). The van der Waals surface area contributed by atoms with Crippen molar-refractivity contribution in [3.05, 3.63) is 0 Å². The van der Waals surface area contributed by atoms with Crippen LogP contribution < -0.4 is 5.32 Å². The van der Waals surface area contributed by atoms with Crippen molar-refractivity contribution in [2.75, 3.05) is 19.6 Å². The van der Waals surface area contributed by atoms with Crippen molar-refractivity contribution in [2.24, 2.45) is 11.3 Å². The molecule has 1 saturated heterocycles. The van der Waals surface area contributed by atoms with Crippen LogP contribution in [0.5, 0.6) is 0 Å². The van der Waals surface area contributed by atoms with Gasteiger partial charge in [0.2, 0.25) is 0 Å². The molecule has 0 saturated carbocycles. The van der Waals surface area contributed by atoms with E-state index in [2.05, 4.69) is 51.8 Å². The molecule has 0 aromatic heterocycles. The molecular formula is C16H34N2. The first-order chi connectivity index (χ1) is 8.33. The summed E-state index contributed by atoms with van der Waals surface area (Å²) in [5.74, 6) is 0.739. The van der Waals surface area contributed by atoms with E-state index in [9.17, 15) is 0 Å². The van der Waals surface area contributed by atoms with E-state index in [0.29, 0.717) is 11.5 Å². The maximum Gasteiger partial charge on any atom is 0.00799 e. The molecule has 1 N–H and O–H groups in total. The Morgan fingerprint density at radius 1 is 1.11 bits per heavy atom. The van der Waals surface area contributed by atoms with Crippen molar-refractivity contribution in [1.82, 2.24) is 10.2 Å². The lowest BCUT2D eigenvalue weighted by Gasteiger charge is -2.32. The summed E-state index contributed by atoms with van der Waals surface area (Å²) in [6.45, 7) is 17.7. The highest BCUT2D eigenvalue weighted by molar-refractivity contribution is 4.81. The van der Waals surface area contributed by atoms with Crippen LogP contribution in [0.3, 0.4) is 0 Å². The number of likely N-dealkylation sites (tertiary alicyclic amines) is 1. The standard InChI is InChI=1S/C16H34N2/c1-13(2)16(5,6)12-17-15-8-7-10-18(11-9-15)14(3)4/h13-15,17H,7-12H2,1-6H3. The van der Waals surface area contributed by atoms with Gasteiger partial charge in [0.05, 0.1) is 0 Å². The van der Waals surface area contributed by atoms with Crippen LogP contribution in [0.2, 0.25) is 0 Å². The summed E-state index contributed by atoms with van der Waals surface area (Å²) < 4.78 is 0. The Kier molecular flexibility index (Phi) is 6.13. The largest absolute Gasteiger partial charge is 0.313 e. The van der Waals surface area contributed by atoms with Crippen molar-refractivity contribution in [3.63, 3.8) is 0 Å². The van der Waals surface area contributed by atoms with Gasteiger partial charge < -0.3 is 10.2 Å². The van der Waals surface area contributed by atoms with Crippen molar-refractivity contribution in [1.29, 1.82) is 0 Å². The summed E-state index contributed by atoms with van der Waals surface area (Å²) in [5.41, 5.74) is 0.407. The van der Waals surface area contributed by atoms with Crippen LogP contribution in [0, 0.1) is 11.3 Å². The molecule has 1 unspecified atom stereocenters. The van der Waals surface area contributed by atoms with Crippen LogP contribution >= 0.6 is 0 Å². The predicted octanol–water partition coefficient (Wildman–Crippen LogP) is 3.52. The Labute approximate surface area is 115 Å². The van der Waals surface area contributed by atoms with Crippen LogP contribution in [0.4, 0.5) is 0 Å². The van der Waals surface area contributed by atoms with Crippen molar-refractivity contribution in [3.8, 4) is 0 Å². The lowest BCUT2D eigenvalue weighted by Crippen LogP contribution is -2.40. The van der Waals surface area contributed by atoms with Crippen LogP contribution in [-0.2, 0) is 0 Å². The molecule has 108 valence electrons. The summed E-state index contributed by atoms with van der Waals surface area (Å²) in [5, 5.41) is 3.82. The Bertz CT molecular complexity index is 233. The quantitative estimate of drug-likeness (QED) is 0.807. The second-order valence-electron chi connectivity index (χ2n) is 7.28. The summed E-state index contributed by atoms with van der Waals surface area (Å²) in [6, 6.07) is 1.43. The average molecular weight is 254 g/mol. The number of nitrogens with one attached hydrogen (secondary N) is 1. The maximum atomic E-state index is 3.82. The summed E-state index contributed by atoms with van der Waals surface area (Å²) in [4.78, 5) is 2.62. The monoisotopic (exact) mass is 254 g/mol. The Balaban J connectivity index is 2.36. The minimum atomic E-state index is 0.407. The SMILES string of the molecule is CC(C)N1CCCC(NCC(C)(C)C(C)C)CC1. The number of hydrogen-bond acceptors (Lipinski definition) is 2. The van der Waals surface area contributed by atoms with Gasteiger partial charge in [0.15, 0.2) is 0 Å². The highest BCUT2D eigenvalue weighted by Crippen LogP contribution is 2.25. The van der Waals surface area contributed by atoms with Gasteiger partial charge in [0.25, 0.3) is 0 Å². The molecule has 0 aliphatic carbocycles. The van der Waals surface area contributed by atoms with Gasteiger partial charge in [-0.15, -0.1) is 0 Å². The smallest absolute Gasteiger partial charge is 0.00799 e. The fourth-order valence-electron chi connectivity index (χ4n) is 2.45.